The lowest BCUT2D eigenvalue weighted by molar-refractivity contribution is -0.159. The molecule has 2 fully saturated rings. The fourth-order valence-corrected chi connectivity index (χ4v) is 2.84. The number of carbonyl (C=O) groups excluding carboxylic acids is 1. The Labute approximate surface area is 104 Å². The standard InChI is InChI=1S/C13H24N2O2/c1-11-3-9-15(10-4-11)12(16)13(17-2)5-7-14-8-6-13/h11,14H,3-10H2,1-2H3. The summed E-state index contributed by atoms with van der Waals surface area (Å²) in [5, 5.41) is 3.29. The van der Waals surface area contributed by atoms with Crippen LogP contribution in [-0.2, 0) is 9.53 Å². The van der Waals surface area contributed by atoms with Crippen molar-refractivity contribution in [1.82, 2.24) is 10.2 Å². The number of nitrogens with one attached hydrogen (secondary N) is 1. The average molecular weight is 240 g/mol. The van der Waals surface area contributed by atoms with Crippen molar-refractivity contribution in [3.63, 3.8) is 0 Å². The van der Waals surface area contributed by atoms with E-state index in [4.69, 9.17) is 4.74 Å². The lowest BCUT2D eigenvalue weighted by Gasteiger charge is -2.41. The van der Waals surface area contributed by atoms with Gasteiger partial charge in [-0.3, -0.25) is 4.79 Å². The summed E-state index contributed by atoms with van der Waals surface area (Å²) in [5.41, 5.74) is -0.550. The lowest BCUT2D eigenvalue weighted by atomic mass is 9.89. The largest absolute Gasteiger partial charge is 0.368 e. The fraction of sp³-hybridized carbons (Fsp3) is 0.923. The molecule has 4 nitrogen and oxygen atoms in total. The molecule has 1 N–H and O–H groups in total. The van der Waals surface area contributed by atoms with Gasteiger partial charge in [-0.15, -0.1) is 0 Å². The van der Waals surface area contributed by atoms with Crippen LogP contribution in [-0.4, -0.2) is 49.7 Å². The normalized spacial score (nSPS) is 25.9. The van der Waals surface area contributed by atoms with Gasteiger partial charge in [0, 0.05) is 20.2 Å². The molecule has 2 rings (SSSR count). The minimum absolute atomic E-state index is 0.216. The summed E-state index contributed by atoms with van der Waals surface area (Å²) in [6.07, 6.45) is 3.86. The first-order chi connectivity index (χ1) is 8.18. The zero-order valence-corrected chi connectivity index (χ0v) is 11.0. The molecule has 4 heteroatoms. The second-order valence-electron chi connectivity index (χ2n) is 5.42. The third-order valence-corrected chi connectivity index (χ3v) is 4.26. The molecule has 0 aliphatic carbocycles. The number of hydrogen-bond acceptors (Lipinski definition) is 3. The quantitative estimate of drug-likeness (QED) is 0.783. The first-order valence-electron chi connectivity index (χ1n) is 6.73. The van der Waals surface area contributed by atoms with E-state index in [1.807, 2.05) is 4.90 Å². The van der Waals surface area contributed by atoms with Gasteiger partial charge in [0.05, 0.1) is 0 Å². The fourth-order valence-electron chi connectivity index (χ4n) is 2.84. The van der Waals surface area contributed by atoms with Crippen LogP contribution in [0.15, 0.2) is 0 Å². The van der Waals surface area contributed by atoms with Gasteiger partial charge in [0.15, 0.2) is 0 Å². The Hall–Kier alpha value is -0.610. The van der Waals surface area contributed by atoms with E-state index in [1.165, 1.54) is 0 Å². The van der Waals surface area contributed by atoms with Crippen LogP contribution in [0.4, 0.5) is 0 Å². The monoisotopic (exact) mass is 240 g/mol. The van der Waals surface area contributed by atoms with Gasteiger partial charge < -0.3 is 15.0 Å². The van der Waals surface area contributed by atoms with Crippen LogP contribution in [0.3, 0.4) is 0 Å². The van der Waals surface area contributed by atoms with Gasteiger partial charge in [-0.2, -0.15) is 0 Å². The highest BCUT2D eigenvalue weighted by molar-refractivity contribution is 5.85. The summed E-state index contributed by atoms with van der Waals surface area (Å²) < 4.78 is 5.59. The molecule has 1 amide bonds. The first kappa shape index (κ1) is 12.8. The molecule has 0 aromatic carbocycles. The van der Waals surface area contributed by atoms with E-state index in [-0.39, 0.29) is 5.91 Å². The van der Waals surface area contributed by atoms with Gasteiger partial charge in [0.2, 0.25) is 0 Å². The van der Waals surface area contributed by atoms with Crippen molar-refractivity contribution in [2.24, 2.45) is 5.92 Å². The molecule has 0 bridgehead atoms. The van der Waals surface area contributed by atoms with Crippen molar-refractivity contribution in [3.05, 3.63) is 0 Å². The Balaban J connectivity index is 2.01. The minimum atomic E-state index is -0.550. The van der Waals surface area contributed by atoms with Crippen LogP contribution in [0.25, 0.3) is 0 Å². The highest BCUT2D eigenvalue weighted by Crippen LogP contribution is 2.27. The van der Waals surface area contributed by atoms with Gasteiger partial charge in [0.25, 0.3) is 5.91 Å². The highest BCUT2D eigenvalue weighted by atomic mass is 16.5. The minimum Gasteiger partial charge on any atom is -0.368 e. The molecule has 0 atom stereocenters. The van der Waals surface area contributed by atoms with Crippen LogP contribution in [0.1, 0.15) is 32.6 Å². The van der Waals surface area contributed by atoms with Crippen molar-refractivity contribution in [1.29, 1.82) is 0 Å². The maximum absolute atomic E-state index is 12.6. The average Bonchev–Trinajstić information content (AvgIpc) is 2.39. The summed E-state index contributed by atoms with van der Waals surface area (Å²) in [5.74, 6) is 0.971. The van der Waals surface area contributed by atoms with E-state index >= 15 is 0 Å². The third kappa shape index (κ3) is 2.63. The number of ether oxygens (including phenoxy) is 1. The van der Waals surface area contributed by atoms with Gasteiger partial charge in [-0.05, 0) is 44.7 Å². The number of carbonyl (C=O) groups is 1. The summed E-state index contributed by atoms with van der Waals surface area (Å²) in [6, 6.07) is 0. The second kappa shape index (κ2) is 5.36. The number of methoxy groups -OCH3 is 1. The maximum atomic E-state index is 12.6. The molecule has 0 unspecified atom stereocenters. The molecule has 2 aliphatic rings. The Morgan fingerprint density at radius 2 is 1.88 bits per heavy atom. The molecule has 0 aromatic heterocycles. The molecule has 17 heavy (non-hydrogen) atoms. The molecule has 2 saturated heterocycles. The molecule has 0 radical (unpaired) electrons. The topological polar surface area (TPSA) is 41.6 Å². The Kier molecular flexibility index (Phi) is 4.05. The maximum Gasteiger partial charge on any atom is 0.254 e. The third-order valence-electron chi connectivity index (χ3n) is 4.26. The SMILES string of the molecule is COC1(C(=O)N2CCC(C)CC2)CCNCC1. The van der Waals surface area contributed by atoms with Crippen molar-refractivity contribution >= 4 is 5.91 Å². The molecular formula is C13H24N2O2. The van der Waals surface area contributed by atoms with Crippen LogP contribution in [0.2, 0.25) is 0 Å². The van der Waals surface area contributed by atoms with Crippen molar-refractivity contribution in [2.75, 3.05) is 33.3 Å². The molecule has 2 aliphatic heterocycles. The molecule has 98 valence electrons. The predicted octanol–water partition coefficient (Wildman–Crippen LogP) is 1.01. The molecular weight excluding hydrogens is 216 g/mol. The molecule has 0 spiro atoms. The summed E-state index contributed by atoms with van der Waals surface area (Å²) >= 11 is 0. The van der Waals surface area contributed by atoms with E-state index in [0.717, 1.165) is 57.8 Å². The number of nitrogens with zero attached hydrogens (tertiary/aromatic N) is 1. The van der Waals surface area contributed by atoms with Crippen molar-refractivity contribution < 1.29 is 9.53 Å². The predicted molar refractivity (Wildman–Crippen MR) is 66.8 cm³/mol. The Morgan fingerprint density at radius 3 is 2.41 bits per heavy atom. The number of piperidine rings is 2. The Morgan fingerprint density at radius 1 is 1.29 bits per heavy atom. The van der Waals surface area contributed by atoms with E-state index < -0.39 is 5.60 Å². The van der Waals surface area contributed by atoms with Crippen LogP contribution >= 0.6 is 0 Å². The van der Waals surface area contributed by atoms with Gasteiger partial charge >= 0.3 is 0 Å². The van der Waals surface area contributed by atoms with Gasteiger partial charge in [0.1, 0.15) is 5.60 Å². The summed E-state index contributed by atoms with van der Waals surface area (Å²) in [6.45, 7) is 5.82. The smallest absolute Gasteiger partial charge is 0.254 e. The van der Waals surface area contributed by atoms with Gasteiger partial charge in [-0.25, -0.2) is 0 Å². The Bertz CT molecular complexity index is 267. The van der Waals surface area contributed by atoms with E-state index in [1.54, 1.807) is 7.11 Å². The molecule has 0 saturated carbocycles. The van der Waals surface area contributed by atoms with E-state index in [2.05, 4.69) is 12.2 Å². The number of likely N-dealkylation sites (tertiary alicyclic amines) is 1. The van der Waals surface area contributed by atoms with Crippen LogP contribution < -0.4 is 5.32 Å². The van der Waals surface area contributed by atoms with Crippen molar-refractivity contribution in [3.8, 4) is 0 Å². The molecule has 0 aromatic rings. The highest BCUT2D eigenvalue weighted by Gasteiger charge is 2.42. The number of rotatable bonds is 2. The lowest BCUT2D eigenvalue weighted by Crippen LogP contribution is -2.56. The van der Waals surface area contributed by atoms with E-state index in [0.29, 0.717) is 0 Å². The van der Waals surface area contributed by atoms with Crippen LogP contribution in [0.5, 0.6) is 0 Å². The van der Waals surface area contributed by atoms with E-state index in [9.17, 15) is 4.79 Å². The summed E-state index contributed by atoms with van der Waals surface area (Å²) in [7, 11) is 1.68. The number of hydrogen-bond donors (Lipinski definition) is 1. The first-order valence-corrected chi connectivity index (χ1v) is 6.73. The summed E-state index contributed by atoms with van der Waals surface area (Å²) in [4.78, 5) is 14.6. The molecule has 2 heterocycles. The zero-order valence-electron chi connectivity index (χ0n) is 11.0. The second-order valence-corrected chi connectivity index (χ2v) is 5.42. The van der Waals surface area contributed by atoms with Crippen molar-refractivity contribution in [2.45, 2.75) is 38.2 Å². The van der Waals surface area contributed by atoms with Gasteiger partial charge in [-0.1, -0.05) is 6.92 Å². The van der Waals surface area contributed by atoms with Crippen LogP contribution in [0, 0.1) is 5.92 Å². The number of amides is 1. The zero-order chi connectivity index (χ0) is 12.3.